The lowest BCUT2D eigenvalue weighted by Crippen LogP contribution is -2.14. The first-order valence-electron chi connectivity index (χ1n) is 17.4. The van der Waals surface area contributed by atoms with Crippen LogP contribution in [0.5, 0.6) is 0 Å². The maximum atomic E-state index is 6.39. The molecule has 0 N–H and O–H groups in total. The first kappa shape index (κ1) is 37.9. The van der Waals surface area contributed by atoms with Crippen LogP contribution in [0.15, 0.2) is 0 Å². The fourth-order valence-electron chi connectivity index (χ4n) is 5.61. The van der Waals surface area contributed by atoms with Gasteiger partial charge in [0.05, 0.1) is 0 Å². The molecule has 37 heavy (non-hydrogen) atoms. The smallest absolute Gasteiger partial charge is 0.150 e. The summed E-state index contributed by atoms with van der Waals surface area (Å²) in [7, 11) is -1.31. The van der Waals surface area contributed by atoms with Gasteiger partial charge in [-0.05, 0) is 18.2 Å². The van der Waals surface area contributed by atoms with Crippen molar-refractivity contribution in [1.82, 2.24) is 0 Å². The molecule has 224 valence electrons. The van der Waals surface area contributed by atoms with Crippen LogP contribution in [0.25, 0.3) is 0 Å². The van der Waals surface area contributed by atoms with Gasteiger partial charge in [0.25, 0.3) is 0 Å². The van der Waals surface area contributed by atoms with E-state index >= 15 is 0 Å². The fourth-order valence-corrected chi connectivity index (χ4v) is 7.32. The molecular weight excluding hydrogens is 504 g/mol. The molecule has 0 aromatic carbocycles. The van der Waals surface area contributed by atoms with Crippen molar-refractivity contribution in [1.29, 1.82) is 0 Å². The van der Waals surface area contributed by atoms with E-state index in [0.29, 0.717) is 0 Å². The first-order valence-corrected chi connectivity index (χ1v) is 22.2. The van der Waals surface area contributed by atoms with Crippen LogP contribution in [-0.2, 0) is 0 Å². The SMILES string of the molecule is C[Si](C)(Cl)CCCCCCCCCCCCCCCCCCCCCCCCCCCCCCCCS. The van der Waals surface area contributed by atoms with Crippen LogP contribution < -0.4 is 0 Å². The average molecular weight is 576 g/mol. The lowest BCUT2D eigenvalue weighted by Gasteiger charge is -2.11. The van der Waals surface area contributed by atoms with Crippen LogP contribution in [0.3, 0.4) is 0 Å². The van der Waals surface area contributed by atoms with Gasteiger partial charge in [-0.1, -0.05) is 199 Å². The summed E-state index contributed by atoms with van der Waals surface area (Å²) in [4.78, 5) is 0. The normalized spacial score (nSPS) is 12.0. The number of hydrogen-bond donors (Lipinski definition) is 1. The zero-order chi connectivity index (χ0) is 27.1. The third-order valence-corrected chi connectivity index (χ3v) is 10.6. The molecule has 0 aromatic heterocycles. The van der Waals surface area contributed by atoms with Gasteiger partial charge in [0.2, 0.25) is 0 Å². The molecule has 0 aliphatic carbocycles. The van der Waals surface area contributed by atoms with Gasteiger partial charge in [0.15, 0.2) is 0 Å². The van der Waals surface area contributed by atoms with Crippen LogP contribution in [-0.4, -0.2) is 13.1 Å². The van der Waals surface area contributed by atoms with E-state index in [4.69, 9.17) is 11.1 Å². The number of thiol groups is 1. The Kier molecular flexibility index (Phi) is 32.1. The zero-order valence-corrected chi connectivity index (χ0v) is 28.6. The Bertz CT molecular complexity index is 409. The summed E-state index contributed by atoms with van der Waals surface area (Å²) < 4.78 is 0. The van der Waals surface area contributed by atoms with E-state index in [9.17, 15) is 0 Å². The predicted octanol–water partition coefficient (Wildman–Crippen LogP) is 14.1. The minimum absolute atomic E-state index is 1.07. The van der Waals surface area contributed by atoms with Crippen molar-refractivity contribution in [2.24, 2.45) is 0 Å². The summed E-state index contributed by atoms with van der Waals surface area (Å²) in [6.45, 7) is 4.55. The Morgan fingerprint density at radius 3 is 0.649 bits per heavy atom. The summed E-state index contributed by atoms with van der Waals surface area (Å²) in [6, 6.07) is 1.30. The van der Waals surface area contributed by atoms with Crippen molar-refractivity contribution >= 4 is 31.1 Å². The monoisotopic (exact) mass is 574 g/mol. The second kappa shape index (κ2) is 31.4. The Morgan fingerprint density at radius 2 is 0.486 bits per heavy atom. The molecule has 0 aliphatic heterocycles. The van der Waals surface area contributed by atoms with Gasteiger partial charge < -0.3 is 0 Å². The quantitative estimate of drug-likeness (QED) is 0.0351. The Hall–Kier alpha value is 0.857. The second-order valence-corrected chi connectivity index (χ2v) is 20.3. The molecule has 0 radical (unpaired) electrons. The third-order valence-electron chi connectivity index (χ3n) is 8.18. The average Bonchev–Trinajstić information content (AvgIpc) is 2.86. The number of hydrogen-bond acceptors (Lipinski definition) is 1. The van der Waals surface area contributed by atoms with Crippen molar-refractivity contribution in [2.75, 3.05) is 5.75 Å². The molecular formula is C34H71ClSSi. The molecule has 0 heterocycles. The van der Waals surface area contributed by atoms with Gasteiger partial charge in [-0.2, -0.15) is 23.7 Å². The molecule has 0 nitrogen and oxygen atoms in total. The van der Waals surface area contributed by atoms with Gasteiger partial charge in [0.1, 0.15) is 7.38 Å². The van der Waals surface area contributed by atoms with E-state index in [-0.39, 0.29) is 0 Å². The third kappa shape index (κ3) is 36.9. The molecule has 0 unspecified atom stereocenters. The van der Waals surface area contributed by atoms with E-state index in [2.05, 4.69) is 25.7 Å². The minimum atomic E-state index is -1.31. The van der Waals surface area contributed by atoms with Crippen molar-refractivity contribution in [3.05, 3.63) is 0 Å². The molecule has 0 atom stereocenters. The molecule has 0 rings (SSSR count). The van der Waals surface area contributed by atoms with Gasteiger partial charge >= 0.3 is 0 Å². The molecule has 0 aliphatic rings. The van der Waals surface area contributed by atoms with Gasteiger partial charge in [0, 0.05) is 0 Å². The lowest BCUT2D eigenvalue weighted by atomic mass is 10.0. The number of rotatable bonds is 32. The Labute approximate surface area is 247 Å². The minimum Gasteiger partial charge on any atom is -0.179 e. The van der Waals surface area contributed by atoms with Crippen LogP contribution in [0, 0.1) is 0 Å². The van der Waals surface area contributed by atoms with E-state index in [1.165, 1.54) is 199 Å². The lowest BCUT2D eigenvalue weighted by molar-refractivity contribution is 0.513. The van der Waals surface area contributed by atoms with E-state index in [1.54, 1.807) is 0 Å². The molecule has 0 spiro atoms. The van der Waals surface area contributed by atoms with Crippen molar-refractivity contribution < 1.29 is 0 Å². The standard InChI is InChI=1S/C34H71ClSSi/c1-37(2,35)34-32-30-28-26-24-22-20-18-16-14-12-10-8-6-4-3-5-7-9-11-13-15-17-19-21-23-25-27-29-31-33-36/h36H,3-34H2,1-2H3. The highest BCUT2D eigenvalue weighted by molar-refractivity contribution is 7.80. The Morgan fingerprint density at radius 1 is 0.324 bits per heavy atom. The van der Waals surface area contributed by atoms with Crippen LogP contribution in [0.4, 0.5) is 0 Å². The topological polar surface area (TPSA) is 0 Å². The van der Waals surface area contributed by atoms with E-state index in [0.717, 1.165) is 5.75 Å². The first-order chi connectivity index (χ1) is 18.1. The maximum Gasteiger partial charge on any atom is 0.150 e. The second-order valence-electron chi connectivity index (χ2n) is 12.8. The van der Waals surface area contributed by atoms with Crippen molar-refractivity contribution in [3.8, 4) is 0 Å². The summed E-state index contributed by atoms with van der Waals surface area (Å²) in [5.41, 5.74) is 0. The molecule has 0 bridgehead atoms. The molecule has 0 amide bonds. The predicted molar refractivity (Wildman–Crippen MR) is 181 cm³/mol. The molecule has 0 fully saturated rings. The zero-order valence-electron chi connectivity index (χ0n) is 26.0. The summed E-state index contributed by atoms with van der Waals surface area (Å²) in [5.74, 6) is 1.07. The van der Waals surface area contributed by atoms with Crippen molar-refractivity contribution in [3.63, 3.8) is 0 Å². The van der Waals surface area contributed by atoms with E-state index in [1.807, 2.05) is 0 Å². The van der Waals surface area contributed by atoms with Crippen molar-refractivity contribution in [2.45, 2.75) is 212 Å². The molecule has 0 saturated heterocycles. The Balaban J connectivity index is 3.04. The summed E-state index contributed by atoms with van der Waals surface area (Å²) in [5, 5.41) is 0. The maximum absolute atomic E-state index is 6.39. The molecule has 3 heteroatoms. The highest BCUT2D eigenvalue weighted by atomic mass is 35.6. The van der Waals surface area contributed by atoms with Crippen LogP contribution >= 0.6 is 23.7 Å². The number of unbranched alkanes of at least 4 members (excludes halogenated alkanes) is 29. The van der Waals surface area contributed by atoms with E-state index < -0.39 is 7.38 Å². The number of halogens is 1. The van der Waals surface area contributed by atoms with Gasteiger partial charge in [-0.25, -0.2) is 0 Å². The largest absolute Gasteiger partial charge is 0.179 e. The van der Waals surface area contributed by atoms with Gasteiger partial charge in [-0.3, -0.25) is 0 Å². The fraction of sp³-hybridized carbons (Fsp3) is 1.00. The highest BCUT2D eigenvalue weighted by Crippen LogP contribution is 2.20. The molecule has 0 saturated carbocycles. The summed E-state index contributed by atoms with van der Waals surface area (Å²) in [6.07, 6.45) is 43.7. The summed E-state index contributed by atoms with van der Waals surface area (Å²) >= 11 is 10.7. The highest BCUT2D eigenvalue weighted by Gasteiger charge is 2.15. The molecule has 0 aromatic rings. The van der Waals surface area contributed by atoms with Crippen LogP contribution in [0.1, 0.15) is 193 Å². The van der Waals surface area contributed by atoms with Gasteiger partial charge in [-0.15, -0.1) is 0 Å². The van der Waals surface area contributed by atoms with Crippen LogP contribution in [0.2, 0.25) is 19.1 Å².